The number of Topliss-reactive ketones (excluding diaryl/α,β-unsaturated/α-hetero) is 1. The van der Waals surface area contributed by atoms with Gasteiger partial charge in [-0.25, -0.2) is 28.5 Å². The molecule has 0 spiro atoms. The number of amides is 1. The van der Waals surface area contributed by atoms with E-state index in [1.807, 2.05) is 11.1 Å². The first kappa shape index (κ1) is 44.9. The fraction of sp³-hybridized carbons (Fsp3) is 0.457. The number of aliphatic hydroxyl groups excluding tert-OH is 1. The van der Waals surface area contributed by atoms with Crippen molar-refractivity contribution in [3.05, 3.63) is 81.7 Å². The topological polar surface area (TPSA) is 261 Å². The summed E-state index contributed by atoms with van der Waals surface area (Å²) in [4.78, 5) is 76.3. The van der Waals surface area contributed by atoms with Crippen LogP contribution in [-0.4, -0.2) is 108 Å². The number of aromatic nitrogens is 6. The van der Waals surface area contributed by atoms with E-state index in [4.69, 9.17) is 44.9 Å². The molecule has 0 radical (unpaired) electrons. The number of benzene rings is 1. The quantitative estimate of drug-likeness (QED) is 0.0782. The molecule has 1 aromatic carbocycles. The Morgan fingerprint density at radius 2 is 1.73 bits per heavy atom. The number of halogens is 2. The Bertz CT molecular complexity index is 2350. The first-order valence-corrected chi connectivity index (χ1v) is 20.1. The van der Waals surface area contributed by atoms with E-state index in [1.54, 1.807) is 30.3 Å². The molecular weight excluding hydrogens is 825 g/mol. The van der Waals surface area contributed by atoms with Gasteiger partial charge in [0.05, 0.1) is 45.1 Å². The number of esters is 1. The number of nitrogens with zero attached hydrogens (tertiary/aromatic N) is 6. The lowest BCUT2D eigenvalue weighted by Crippen LogP contribution is -2.38. The number of ether oxygens (including phenoxy) is 3. The number of hydrogen-bond acceptors (Lipinski definition) is 17. The van der Waals surface area contributed by atoms with Crippen molar-refractivity contribution in [1.82, 2.24) is 29.1 Å². The zero-order valence-corrected chi connectivity index (χ0v) is 32.0. The number of nitriles is 1. The molecule has 6 rings (SSSR count). The molecule has 2 aliphatic heterocycles. The molecular formula is C35H39F2N8O12PS. The number of anilines is 1. The highest BCUT2D eigenvalue weighted by Crippen LogP contribution is 2.55. The van der Waals surface area contributed by atoms with Crippen molar-refractivity contribution in [3.8, 4) is 6.07 Å². The predicted molar refractivity (Wildman–Crippen MR) is 204 cm³/mol. The van der Waals surface area contributed by atoms with E-state index in [9.17, 15) is 29.1 Å². The molecule has 3 unspecified atom stereocenters. The Morgan fingerprint density at radius 3 is 2.42 bits per heavy atom. The van der Waals surface area contributed by atoms with Crippen LogP contribution in [0.25, 0.3) is 11.2 Å². The van der Waals surface area contributed by atoms with Crippen molar-refractivity contribution in [2.75, 3.05) is 25.1 Å². The van der Waals surface area contributed by atoms with Crippen molar-refractivity contribution in [3.63, 3.8) is 0 Å². The second-order valence-electron chi connectivity index (χ2n) is 12.8. The number of carbonyl (C=O) groups excluding carboxylic acids is 3. The minimum Gasteiger partial charge on any atom is -0.454 e. The third-order valence-corrected chi connectivity index (χ3v) is 11.2. The fourth-order valence-electron chi connectivity index (χ4n) is 5.99. The second-order valence-corrected chi connectivity index (χ2v) is 15.8. The number of ketones is 1. The highest BCUT2D eigenvalue weighted by molar-refractivity contribution is 8.07. The molecule has 3 aromatic heterocycles. The van der Waals surface area contributed by atoms with E-state index in [-0.39, 0.29) is 49.5 Å². The normalized spacial score (nSPS) is 24.8. The number of imidazole rings is 1. The van der Waals surface area contributed by atoms with Gasteiger partial charge in [0.2, 0.25) is 0 Å². The Hall–Kier alpha value is -5.18. The molecule has 0 aliphatic carbocycles. The number of fused-ring (bicyclic) bond motifs is 1. The van der Waals surface area contributed by atoms with Gasteiger partial charge in [0, 0.05) is 24.2 Å². The fourth-order valence-corrected chi connectivity index (χ4v) is 8.05. The molecule has 4 aromatic rings. The standard InChI is InChI=1S/C34H35F2N8O12PS.CH4/c1-18(46)8-9-23(48)55-27-25(36)21(54-32(27)44-17-40-26-29(38-16-39-30(26)44)42-31(49)19-6-3-2-4-7-19)15-52-57(58,51-13-5-11-37)56-28-24(35)20(14-45)53-33(28)43-12-10-22(47)41-34(43)50;/h2-4,6-7,10,12,16-17,20-21,24-25,27-28,32-33,45H,5,8-9,13-15H2,1H3,(H,41,47,50)(H,38,39,42,49);1H4/t20-,21-,24+,25+,27?,28?,32-,33-,57?;/m1./s1. The van der Waals surface area contributed by atoms with Gasteiger partial charge in [0.15, 0.2) is 47.9 Å². The maximum Gasteiger partial charge on any atom is 0.330 e. The van der Waals surface area contributed by atoms with Crippen LogP contribution in [0.15, 0.2) is 64.8 Å². The van der Waals surface area contributed by atoms with Gasteiger partial charge in [-0.05, 0) is 30.9 Å². The van der Waals surface area contributed by atoms with Crippen LogP contribution in [-0.2, 0) is 49.2 Å². The molecule has 24 heteroatoms. The number of alkyl halides is 2. The monoisotopic (exact) mass is 864 g/mol. The number of hydrogen-bond donors (Lipinski definition) is 3. The van der Waals surface area contributed by atoms with E-state index in [2.05, 4.69) is 20.3 Å². The van der Waals surface area contributed by atoms with Gasteiger partial charge < -0.3 is 38.5 Å². The molecule has 5 heterocycles. The maximum absolute atomic E-state index is 16.5. The van der Waals surface area contributed by atoms with Gasteiger partial charge in [-0.3, -0.25) is 33.0 Å². The van der Waals surface area contributed by atoms with E-state index in [1.165, 1.54) is 17.8 Å². The van der Waals surface area contributed by atoms with Crippen LogP contribution in [0, 0.1) is 11.3 Å². The smallest absolute Gasteiger partial charge is 0.330 e. The average molecular weight is 865 g/mol. The molecule has 2 fully saturated rings. The highest BCUT2D eigenvalue weighted by atomic mass is 32.5. The summed E-state index contributed by atoms with van der Waals surface area (Å²) >= 11 is 5.57. The number of carbonyl (C=O) groups is 3. The van der Waals surface area contributed by atoms with Gasteiger partial charge in [-0.2, -0.15) is 5.26 Å². The average Bonchev–Trinajstić information content (AvgIpc) is 3.86. The van der Waals surface area contributed by atoms with Crippen molar-refractivity contribution < 1.29 is 56.1 Å². The minimum absolute atomic E-state index is 0. The molecule has 20 nitrogen and oxygen atoms in total. The summed E-state index contributed by atoms with van der Waals surface area (Å²) in [7, 11) is 0. The van der Waals surface area contributed by atoms with Gasteiger partial charge in [-0.1, -0.05) is 25.6 Å². The van der Waals surface area contributed by atoms with Crippen LogP contribution in [0.2, 0.25) is 0 Å². The molecule has 0 bridgehead atoms. The predicted octanol–water partition coefficient (Wildman–Crippen LogP) is 2.57. The molecule has 9 atom stereocenters. The van der Waals surface area contributed by atoms with Crippen molar-refractivity contribution >= 4 is 53.2 Å². The number of aromatic amines is 1. The van der Waals surface area contributed by atoms with Crippen LogP contribution in [0.3, 0.4) is 0 Å². The number of rotatable bonds is 17. The number of nitrogens with one attached hydrogen (secondary N) is 2. The lowest BCUT2D eigenvalue weighted by atomic mass is 10.1. The molecule has 2 aliphatic rings. The second kappa shape index (κ2) is 19.7. The lowest BCUT2D eigenvalue weighted by molar-refractivity contribution is -0.157. The van der Waals surface area contributed by atoms with E-state index in [0.717, 1.165) is 23.2 Å². The largest absolute Gasteiger partial charge is 0.454 e. The third kappa shape index (κ3) is 10.3. The van der Waals surface area contributed by atoms with Crippen molar-refractivity contribution in [2.24, 2.45) is 0 Å². The van der Waals surface area contributed by atoms with Crippen LogP contribution in [0.4, 0.5) is 14.6 Å². The first-order valence-electron chi connectivity index (χ1n) is 17.5. The summed E-state index contributed by atoms with van der Waals surface area (Å²) in [6.07, 6.45) is -11.5. The van der Waals surface area contributed by atoms with Gasteiger partial charge in [0.25, 0.3) is 11.5 Å². The zero-order valence-electron chi connectivity index (χ0n) is 30.3. The van der Waals surface area contributed by atoms with E-state index >= 15 is 8.78 Å². The van der Waals surface area contributed by atoms with Crippen LogP contribution >= 0.6 is 6.72 Å². The van der Waals surface area contributed by atoms with E-state index < -0.39 is 98.9 Å². The maximum atomic E-state index is 16.5. The molecule has 0 saturated carbocycles. The summed E-state index contributed by atoms with van der Waals surface area (Å²) in [5.41, 5.74) is -1.34. The van der Waals surface area contributed by atoms with Gasteiger partial charge in [-0.15, -0.1) is 0 Å². The summed E-state index contributed by atoms with van der Waals surface area (Å²) in [6.45, 7) is -5.00. The summed E-state index contributed by atoms with van der Waals surface area (Å²) in [5.74, 6) is -1.75. The molecule has 2 saturated heterocycles. The number of H-pyrrole nitrogens is 1. The highest BCUT2D eigenvalue weighted by Gasteiger charge is 2.52. The molecule has 3 N–H and O–H groups in total. The molecule has 316 valence electrons. The summed E-state index contributed by atoms with van der Waals surface area (Å²) in [6, 6.07) is 11.1. The van der Waals surface area contributed by atoms with E-state index in [0.29, 0.717) is 5.56 Å². The van der Waals surface area contributed by atoms with Crippen molar-refractivity contribution in [2.45, 2.75) is 82.8 Å². The minimum atomic E-state index is -4.25. The molecule has 59 heavy (non-hydrogen) atoms. The Kier molecular flexibility index (Phi) is 15.0. The molecule has 1 amide bonds. The van der Waals surface area contributed by atoms with Crippen LogP contribution < -0.4 is 16.6 Å². The SMILES string of the molecule is C.CC(=O)CCC(=O)OC1[C@@H](F)[C@@H](COP(=S)(OCCC#N)OC2[C@@H](F)[C@@H](CO)O[C@H]2n2ccc(=O)[nH]c2=O)O[C@H]1n1cnc2c(NC(=O)c3ccccc3)ncnc21. The lowest BCUT2D eigenvalue weighted by Gasteiger charge is -2.29. The van der Waals surface area contributed by atoms with Crippen LogP contribution in [0.1, 0.15) is 56.4 Å². The Morgan fingerprint density at radius 1 is 1.02 bits per heavy atom. The van der Waals surface area contributed by atoms with Crippen molar-refractivity contribution in [1.29, 1.82) is 5.26 Å². The summed E-state index contributed by atoms with van der Waals surface area (Å²) in [5, 5.41) is 21.6. The Balaban J connectivity index is 0.00000661. The van der Waals surface area contributed by atoms with Crippen LogP contribution in [0.5, 0.6) is 0 Å². The third-order valence-electron chi connectivity index (χ3n) is 8.79. The summed E-state index contributed by atoms with van der Waals surface area (Å²) < 4.78 is 68.7. The zero-order chi connectivity index (χ0) is 41.6. The van der Waals surface area contributed by atoms with Gasteiger partial charge >= 0.3 is 18.4 Å². The Labute approximate surface area is 338 Å². The van der Waals surface area contributed by atoms with Gasteiger partial charge in [0.1, 0.15) is 30.4 Å². The first-order chi connectivity index (χ1) is 27.8. The number of aliphatic hydroxyl groups is 1.